The van der Waals surface area contributed by atoms with Crippen LogP contribution in [0, 0.1) is 5.92 Å². The zero-order chi connectivity index (χ0) is 29.7. The molecule has 3 N–H and O–H groups in total. The highest BCUT2D eigenvalue weighted by Crippen LogP contribution is 2.24. The SMILES string of the molecule is C=S(=O)(NC(=O)C1CCN(C(C)=O)CC1)c1ccc(C(=O)Nc2ccc(Cl)cc2C(=O)Nc2ccc(Cl)cn2)cc1. The first kappa shape index (κ1) is 30.0. The third-order valence-corrected chi connectivity index (χ3v) is 8.54. The molecule has 1 fully saturated rings. The molecule has 13 heteroatoms. The van der Waals surface area contributed by atoms with Crippen LogP contribution in [0.25, 0.3) is 0 Å². The lowest BCUT2D eigenvalue weighted by Gasteiger charge is -2.30. The summed E-state index contributed by atoms with van der Waals surface area (Å²) in [6.07, 6.45) is 2.33. The molecule has 41 heavy (non-hydrogen) atoms. The third kappa shape index (κ3) is 7.63. The van der Waals surface area contributed by atoms with Crippen molar-refractivity contribution in [2.24, 2.45) is 5.92 Å². The predicted molar refractivity (Wildman–Crippen MR) is 160 cm³/mol. The summed E-state index contributed by atoms with van der Waals surface area (Å²) in [4.78, 5) is 56.1. The van der Waals surface area contributed by atoms with E-state index in [0.29, 0.717) is 36.0 Å². The monoisotopic (exact) mass is 615 g/mol. The maximum Gasteiger partial charge on any atom is 0.258 e. The molecule has 0 radical (unpaired) electrons. The first-order valence-corrected chi connectivity index (χ1v) is 15.0. The Labute approximate surface area is 247 Å². The molecule has 4 amide bonds. The number of carbonyl (C=O) groups is 4. The van der Waals surface area contributed by atoms with Crippen molar-refractivity contribution in [3.05, 3.63) is 82.0 Å². The minimum Gasteiger partial charge on any atom is -0.343 e. The van der Waals surface area contributed by atoms with Crippen molar-refractivity contribution in [3.63, 3.8) is 0 Å². The van der Waals surface area contributed by atoms with Crippen LogP contribution in [0.4, 0.5) is 11.5 Å². The summed E-state index contributed by atoms with van der Waals surface area (Å²) in [7, 11) is -3.19. The van der Waals surface area contributed by atoms with Gasteiger partial charge in [-0.3, -0.25) is 23.9 Å². The number of hydrogen-bond donors (Lipinski definition) is 3. The molecule has 214 valence electrons. The van der Waals surface area contributed by atoms with E-state index in [-0.39, 0.29) is 39.4 Å². The number of halogens is 2. The second kappa shape index (κ2) is 12.7. The molecule has 1 saturated heterocycles. The van der Waals surface area contributed by atoms with E-state index in [1.54, 1.807) is 11.0 Å². The Hall–Kier alpha value is -3.93. The van der Waals surface area contributed by atoms with Gasteiger partial charge in [0.15, 0.2) is 0 Å². The van der Waals surface area contributed by atoms with Crippen molar-refractivity contribution in [2.45, 2.75) is 24.7 Å². The van der Waals surface area contributed by atoms with E-state index in [9.17, 15) is 23.4 Å². The molecule has 0 aliphatic carbocycles. The van der Waals surface area contributed by atoms with Gasteiger partial charge < -0.3 is 15.5 Å². The average molecular weight is 617 g/mol. The van der Waals surface area contributed by atoms with Gasteiger partial charge in [0.25, 0.3) is 11.8 Å². The zero-order valence-electron chi connectivity index (χ0n) is 22.0. The van der Waals surface area contributed by atoms with Gasteiger partial charge in [-0.1, -0.05) is 23.2 Å². The molecule has 0 bridgehead atoms. The van der Waals surface area contributed by atoms with Gasteiger partial charge in [0.2, 0.25) is 11.8 Å². The molecule has 1 unspecified atom stereocenters. The Morgan fingerprint density at radius 1 is 0.927 bits per heavy atom. The normalized spacial score (nSPS) is 15.0. The highest BCUT2D eigenvalue weighted by Gasteiger charge is 2.27. The Morgan fingerprint density at radius 2 is 1.59 bits per heavy atom. The van der Waals surface area contributed by atoms with Crippen molar-refractivity contribution in [1.29, 1.82) is 0 Å². The summed E-state index contributed by atoms with van der Waals surface area (Å²) in [5, 5.41) is 6.02. The number of piperidine rings is 1. The van der Waals surface area contributed by atoms with Gasteiger partial charge in [0.05, 0.1) is 26.0 Å². The number of carbonyl (C=O) groups excluding carboxylic acids is 4. The van der Waals surface area contributed by atoms with E-state index >= 15 is 0 Å². The summed E-state index contributed by atoms with van der Waals surface area (Å²) < 4.78 is 15.8. The Bertz CT molecular complexity index is 1590. The minimum absolute atomic E-state index is 0.0419. The van der Waals surface area contributed by atoms with Crippen molar-refractivity contribution in [1.82, 2.24) is 14.6 Å². The highest BCUT2D eigenvalue weighted by molar-refractivity contribution is 7.99. The molecule has 1 aliphatic rings. The maximum atomic E-state index is 13.2. The van der Waals surface area contributed by atoms with Gasteiger partial charge in [0.1, 0.15) is 5.82 Å². The average Bonchev–Trinajstić information content (AvgIpc) is 2.95. The minimum atomic E-state index is -3.19. The fourth-order valence-corrected chi connectivity index (χ4v) is 5.70. The molecule has 2 heterocycles. The topological polar surface area (TPSA) is 138 Å². The largest absolute Gasteiger partial charge is 0.343 e. The molecule has 4 rings (SSSR count). The van der Waals surface area contributed by atoms with Crippen LogP contribution < -0.4 is 15.4 Å². The van der Waals surface area contributed by atoms with Gasteiger partial charge in [-0.25, -0.2) is 9.19 Å². The smallest absolute Gasteiger partial charge is 0.258 e. The van der Waals surface area contributed by atoms with Crippen LogP contribution in [-0.4, -0.2) is 56.7 Å². The Balaban J connectivity index is 1.42. The van der Waals surface area contributed by atoms with Crippen molar-refractivity contribution >= 4 is 73.9 Å². The van der Waals surface area contributed by atoms with Crippen molar-refractivity contribution in [3.8, 4) is 0 Å². The zero-order valence-corrected chi connectivity index (χ0v) is 24.3. The second-order valence-electron chi connectivity index (χ2n) is 9.41. The van der Waals surface area contributed by atoms with Gasteiger partial charge in [-0.05, 0) is 73.3 Å². The number of likely N-dealkylation sites (tertiary alicyclic amines) is 1. The molecule has 3 aromatic rings. The number of aromatic nitrogens is 1. The third-order valence-electron chi connectivity index (χ3n) is 6.52. The van der Waals surface area contributed by atoms with Crippen LogP contribution in [-0.2, 0) is 19.3 Å². The number of benzene rings is 2. The number of amides is 4. The molecule has 0 spiro atoms. The summed E-state index contributed by atoms with van der Waals surface area (Å²) >= 11 is 11.9. The number of hydrogen-bond acceptors (Lipinski definition) is 6. The number of nitrogens with one attached hydrogen (secondary N) is 3. The van der Waals surface area contributed by atoms with Crippen molar-refractivity contribution in [2.75, 3.05) is 23.7 Å². The maximum absolute atomic E-state index is 13.2. The number of rotatable bonds is 7. The fourth-order valence-electron chi connectivity index (χ4n) is 4.23. The van der Waals surface area contributed by atoms with Crippen LogP contribution in [0.3, 0.4) is 0 Å². The summed E-state index contributed by atoms with van der Waals surface area (Å²) in [5.74, 6) is 2.07. The molecule has 1 atom stereocenters. The summed E-state index contributed by atoms with van der Waals surface area (Å²) in [6.45, 7) is 2.41. The van der Waals surface area contributed by atoms with E-state index in [1.165, 1.54) is 61.7 Å². The quantitative estimate of drug-likeness (QED) is 0.340. The van der Waals surface area contributed by atoms with Gasteiger partial charge >= 0.3 is 0 Å². The Kier molecular flexibility index (Phi) is 9.31. The first-order chi connectivity index (χ1) is 19.4. The molecule has 0 saturated carbocycles. The van der Waals surface area contributed by atoms with E-state index in [0.717, 1.165) is 0 Å². The molecular weight excluding hydrogens is 589 g/mol. The predicted octanol–water partition coefficient (Wildman–Crippen LogP) is 4.26. The number of anilines is 2. The number of nitrogens with zero attached hydrogens (tertiary/aromatic N) is 2. The van der Waals surface area contributed by atoms with Gasteiger partial charge in [-0.15, -0.1) is 0 Å². The van der Waals surface area contributed by atoms with E-state index < -0.39 is 27.4 Å². The lowest BCUT2D eigenvalue weighted by Crippen LogP contribution is -2.43. The summed E-state index contributed by atoms with van der Waals surface area (Å²) in [5.41, 5.74) is 0.531. The molecule has 2 aromatic carbocycles. The standard InChI is InChI=1S/C28H27Cl2N5O5S/c1-17(36)35-13-11-19(12-14-35)27(38)34-41(2,40)22-7-3-18(4-8-22)26(37)32-24-9-5-20(29)15-23(24)28(39)33-25-10-6-21(30)16-31-25/h3-10,15-16,19H,2,11-14H2,1H3,(H,32,37)(H,31,33,39)(H,34,38,40). The van der Waals surface area contributed by atoms with Crippen LogP contribution in [0.15, 0.2) is 65.7 Å². The molecular formula is C28H27Cl2N5O5S. The van der Waals surface area contributed by atoms with Crippen LogP contribution in [0.5, 0.6) is 0 Å². The summed E-state index contributed by atoms with van der Waals surface area (Å²) in [6, 6.07) is 13.3. The van der Waals surface area contributed by atoms with Crippen LogP contribution in [0.1, 0.15) is 40.5 Å². The van der Waals surface area contributed by atoms with Gasteiger partial charge in [0, 0.05) is 47.6 Å². The molecule has 1 aliphatic heterocycles. The van der Waals surface area contributed by atoms with E-state index in [4.69, 9.17) is 23.2 Å². The van der Waals surface area contributed by atoms with Gasteiger partial charge in [-0.2, -0.15) is 0 Å². The number of pyridine rings is 1. The molecule has 1 aromatic heterocycles. The lowest BCUT2D eigenvalue weighted by atomic mass is 9.96. The van der Waals surface area contributed by atoms with E-state index in [1.807, 2.05) is 0 Å². The molecule has 10 nitrogen and oxygen atoms in total. The Morgan fingerprint density at radius 3 is 2.20 bits per heavy atom. The van der Waals surface area contributed by atoms with Crippen LogP contribution >= 0.6 is 23.2 Å². The fraction of sp³-hybridized carbons (Fsp3) is 0.214. The first-order valence-electron chi connectivity index (χ1n) is 12.5. The van der Waals surface area contributed by atoms with E-state index in [2.05, 4.69) is 26.2 Å². The van der Waals surface area contributed by atoms with Crippen LogP contribution in [0.2, 0.25) is 10.0 Å². The van der Waals surface area contributed by atoms with Crippen molar-refractivity contribution < 1.29 is 23.4 Å². The lowest BCUT2D eigenvalue weighted by molar-refractivity contribution is -0.133. The second-order valence-corrected chi connectivity index (χ2v) is 12.3. The highest BCUT2D eigenvalue weighted by atomic mass is 35.5.